The normalized spacial score (nSPS) is 9.64. The molecule has 0 fully saturated rings. The highest BCUT2D eigenvalue weighted by atomic mass is 19.1. The summed E-state index contributed by atoms with van der Waals surface area (Å²) in [5, 5.41) is 11.4. The van der Waals surface area contributed by atoms with E-state index in [1.807, 2.05) is 30.3 Å². The molecule has 4 N–H and O–H groups in total. The zero-order valence-electron chi connectivity index (χ0n) is 13.1. The SMILES string of the molecule is Nc1c(C#CCNC(=O)OCc2ccccc2)cc(F)cc1C(=O)O. The Balaban J connectivity index is 1.90. The molecule has 0 aliphatic heterocycles. The molecule has 0 saturated carbocycles. The molecule has 6 nitrogen and oxygen atoms in total. The van der Waals surface area contributed by atoms with Gasteiger partial charge in [0.25, 0.3) is 0 Å². The van der Waals surface area contributed by atoms with Crippen LogP contribution < -0.4 is 11.1 Å². The molecule has 0 unspecified atom stereocenters. The van der Waals surface area contributed by atoms with E-state index in [-0.39, 0.29) is 30.0 Å². The molecular formula is C18H15FN2O4. The highest BCUT2D eigenvalue weighted by molar-refractivity contribution is 5.95. The number of aromatic carboxylic acids is 1. The second-order valence-electron chi connectivity index (χ2n) is 4.94. The summed E-state index contributed by atoms with van der Waals surface area (Å²) in [7, 11) is 0. The lowest BCUT2D eigenvalue weighted by atomic mass is 10.1. The highest BCUT2D eigenvalue weighted by Crippen LogP contribution is 2.19. The number of benzene rings is 2. The van der Waals surface area contributed by atoms with Crippen molar-refractivity contribution in [2.75, 3.05) is 12.3 Å². The zero-order chi connectivity index (χ0) is 18.2. The van der Waals surface area contributed by atoms with Gasteiger partial charge in [0.05, 0.1) is 23.4 Å². The van der Waals surface area contributed by atoms with Gasteiger partial charge in [-0.05, 0) is 17.7 Å². The molecule has 0 heterocycles. The maximum Gasteiger partial charge on any atom is 0.408 e. The van der Waals surface area contributed by atoms with Gasteiger partial charge >= 0.3 is 12.1 Å². The minimum Gasteiger partial charge on any atom is -0.478 e. The lowest BCUT2D eigenvalue weighted by molar-refractivity contribution is 0.0697. The second-order valence-corrected chi connectivity index (χ2v) is 4.94. The van der Waals surface area contributed by atoms with Gasteiger partial charge in [-0.15, -0.1) is 0 Å². The second kappa shape index (κ2) is 8.36. The van der Waals surface area contributed by atoms with Crippen molar-refractivity contribution >= 4 is 17.7 Å². The minimum absolute atomic E-state index is 0.0388. The van der Waals surface area contributed by atoms with Gasteiger partial charge in [0, 0.05) is 0 Å². The van der Waals surface area contributed by atoms with Crippen LogP contribution in [0.25, 0.3) is 0 Å². The number of ether oxygens (including phenoxy) is 1. The predicted molar refractivity (Wildman–Crippen MR) is 89.3 cm³/mol. The summed E-state index contributed by atoms with van der Waals surface area (Å²) >= 11 is 0. The van der Waals surface area contributed by atoms with Gasteiger partial charge in [0.15, 0.2) is 0 Å². The number of carboxylic acid groups (broad SMARTS) is 1. The van der Waals surface area contributed by atoms with Crippen molar-refractivity contribution in [1.29, 1.82) is 0 Å². The quantitative estimate of drug-likeness (QED) is 0.585. The summed E-state index contributed by atoms with van der Waals surface area (Å²) in [6.07, 6.45) is -0.656. The molecule has 128 valence electrons. The van der Waals surface area contributed by atoms with Gasteiger partial charge in [-0.25, -0.2) is 14.0 Å². The number of hydrogen-bond acceptors (Lipinski definition) is 4. The van der Waals surface area contributed by atoms with Gasteiger partial charge in [-0.2, -0.15) is 0 Å². The number of alkyl carbamates (subject to hydrolysis) is 1. The Bertz CT molecular complexity index is 841. The van der Waals surface area contributed by atoms with Crippen LogP contribution in [0.1, 0.15) is 21.5 Å². The summed E-state index contributed by atoms with van der Waals surface area (Å²) in [5.74, 6) is 2.99. The molecule has 0 spiro atoms. The van der Waals surface area contributed by atoms with Crippen LogP contribution >= 0.6 is 0 Å². The van der Waals surface area contributed by atoms with Crippen LogP contribution in [-0.2, 0) is 11.3 Å². The Morgan fingerprint density at radius 2 is 1.96 bits per heavy atom. The fourth-order valence-electron chi connectivity index (χ4n) is 1.93. The lowest BCUT2D eigenvalue weighted by Crippen LogP contribution is -2.24. The Morgan fingerprint density at radius 3 is 2.64 bits per heavy atom. The Labute approximate surface area is 143 Å². The first-order valence-electron chi connectivity index (χ1n) is 7.23. The van der Waals surface area contributed by atoms with Crippen molar-refractivity contribution in [3.8, 4) is 11.8 Å². The van der Waals surface area contributed by atoms with E-state index in [1.165, 1.54) is 0 Å². The molecule has 25 heavy (non-hydrogen) atoms. The third kappa shape index (κ3) is 5.25. The van der Waals surface area contributed by atoms with Gasteiger partial charge in [-0.1, -0.05) is 42.2 Å². The fraction of sp³-hybridized carbons (Fsp3) is 0.111. The maximum atomic E-state index is 13.4. The van der Waals surface area contributed by atoms with Gasteiger partial charge in [0.2, 0.25) is 0 Å². The smallest absolute Gasteiger partial charge is 0.408 e. The van der Waals surface area contributed by atoms with Gasteiger partial charge in [0.1, 0.15) is 12.4 Å². The fourth-order valence-corrected chi connectivity index (χ4v) is 1.93. The molecule has 2 aromatic carbocycles. The van der Waals surface area contributed by atoms with E-state index >= 15 is 0 Å². The van der Waals surface area contributed by atoms with Crippen molar-refractivity contribution in [2.24, 2.45) is 0 Å². The van der Waals surface area contributed by atoms with Crippen molar-refractivity contribution in [3.05, 3.63) is 65.0 Å². The first kappa shape index (κ1) is 17.8. The van der Waals surface area contributed by atoms with E-state index < -0.39 is 17.9 Å². The molecule has 0 bridgehead atoms. The van der Waals surface area contributed by atoms with Crippen LogP contribution in [0.2, 0.25) is 0 Å². The number of halogens is 1. The zero-order valence-corrected chi connectivity index (χ0v) is 13.1. The third-order valence-corrected chi connectivity index (χ3v) is 3.13. The molecule has 0 radical (unpaired) electrons. The Hall–Kier alpha value is -3.53. The molecule has 2 rings (SSSR count). The van der Waals surface area contributed by atoms with Crippen LogP contribution in [0, 0.1) is 17.7 Å². The summed E-state index contributed by atoms with van der Waals surface area (Å²) in [6.45, 7) is 0.0604. The number of amides is 1. The van der Waals surface area contributed by atoms with Crippen molar-refractivity contribution in [2.45, 2.75) is 6.61 Å². The van der Waals surface area contributed by atoms with E-state index in [4.69, 9.17) is 15.6 Å². The molecule has 0 aliphatic carbocycles. The molecule has 0 saturated heterocycles. The number of nitrogens with one attached hydrogen (secondary N) is 1. The summed E-state index contributed by atoms with van der Waals surface area (Å²) < 4.78 is 18.4. The predicted octanol–water partition coefficient (Wildman–Crippen LogP) is 2.38. The number of carbonyl (C=O) groups is 2. The first-order valence-corrected chi connectivity index (χ1v) is 7.23. The average molecular weight is 342 g/mol. The first-order chi connectivity index (χ1) is 12.0. The Kier molecular flexibility index (Phi) is 5.96. The number of nitrogen functional groups attached to an aromatic ring is 1. The highest BCUT2D eigenvalue weighted by Gasteiger charge is 2.12. The van der Waals surface area contributed by atoms with Gasteiger partial charge < -0.3 is 20.9 Å². The van der Waals surface area contributed by atoms with Crippen LogP contribution in [0.4, 0.5) is 14.9 Å². The number of rotatable bonds is 4. The van der Waals surface area contributed by atoms with E-state index in [0.29, 0.717) is 0 Å². The van der Waals surface area contributed by atoms with Crippen molar-refractivity contribution in [1.82, 2.24) is 5.32 Å². The Morgan fingerprint density at radius 1 is 1.24 bits per heavy atom. The van der Waals surface area contributed by atoms with Crippen LogP contribution in [0.3, 0.4) is 0 Å². The standard InChI is InChI=1S/C18H15FN2O4/c19-14-9-13(16(20)15(10-14)17(22)23)7-4-8-21-18(24)25-11-12-5-2-1-3-6-12/h1-3,5-6,9-10H,8,11,20H2,(H,21,24)(H,22,23). The maximum absolute atomic E-state index is 13.4. The third-order valence-electron chi connectivity index (χ3n) is 3.13. The largest absolute Gasteiger partial charge is 0.478 e. The van der Waals surface area contributed by atoms with E-state index in [1.54, 1.807) is 0 Å². The number of anilines is 1. The summed E-state index contributed by atoms with van der Waals surface area (Å²) in [4.78, 5) is 22.5. The van der Waals surface area contributed by atoms with Crippen molar-refractivity contribution in [3.63, 3.8) is 0 Å². The lowest BCUT2D eigenvalue weighted by Gasteiger charge is -2.05. The molecule has 0 aliphatic rings. The number of carboxylic acids is 1. The number of nitrogens with two attached hydrogens (primary N) is 1. The molecule has 1 amide bonds. The minimum atomic E-state index is -1.34. The average Bonchev–Trinajstić information content (AvgIpc) is 2.60. The van der Waals surface area contributed by atoms with E-state index in [9.17, 15) is 14.0 Å². The molecule has 0 aromatic heterocycles. The van der Waals surface area contributed by atoms with E-state index in [0.717, 1.165) is 17.7 Å². The molecule has 2 aromatic rings. The van der Waals surface area contributed by atoms with Crippen LogP contribution in [-0.4, -0.2) is 23.7 Å². The summed E-state index contributed by atoms with van der Waals surface area (Å²) in [6, 6.07) is 11.0. The van der Waals surface area contributed by atoms with Crippen LogP contribution in [0.5, 0.6) is 0 Å². The molecular weight excluding hydrogens is 327 g/mol. The van der Waals surface area contributed by atoms with Crippen molar-refractivity contribution < 1.29 is 23.8 Å². The van der Waals surface area contributed by atoms with E-state index in [2.05, 4.69) is 17.2 Å². The van der Waals surface area contributed by atoms with Gasteiger partial charge in [-0.3, -0.25) is 0 Å². The number of carbonyl (C=O) groups excluding carboxylic acids is 1. The number of hydrogen-bond donors (Lipinski definition) is 3. The topological polar surface area (TPSA) is 102 Å². The summed E-state index contributed by atoms with van der Waals surface area (Å²) in [5.41, 5.74) is 6.04. The van der Waals surface area contributed by atoms with Crippen LogP contribution in [0.15, 0.2) is 42.5 Å². The molecule has 0 atom stereocenters. The molecule has 7 heteroatoms. The monoisotopic (exact) mass is 342 g/mol.